The predicted molar refractivity (Wildman–Crippen MR) is 68.1 cm³/mol. The van der Waals surface area contributed by atoms with Gasteiger partial charge in [-0.2, -0.15) is 0 Å². The third-order valence-electron chi connectivity index (χ3n) is 3.06. The number of carboxylic acids is 1. The van der Waals surface area contributed by atoms with Crippen molar-refractivity contribution in [1.82, 2.24) is 4.98 Å². The van der Waals surface area contributed by atoms with Crippen LogP contribution in [0.15, 0.2) is 18.7 Å². The summed E-state index contributed by atoms with van der Waals surface area (Å²) < 4.78 is 5.44. The van der Waals surface area contributed by atoms with Crippen LogP contribution in [0.5, 0.6) is 5.88 Å². The molecule has 0 saturated heterocycles. The van der Waals surface area contributed by atoms with E-state index in [2.05, 4.69) is 11.6 Å². The average molecular weight is 247 g/mol. The molecule has 1 N–H and O–H groups in total. The smallest absolute Gasteiger partial charge is 0.341 e. The summed E-state index contributed by atoms with van der Waals surface area (Å²) in [5, 5.41) is 9.18. The summed E-state index contributed by atoms with van der Waals surface area (Å²) in [5.74, 6) is -0.741. The van der Waals surface area contributed by atoms with Gasteiger partial charge in [0.25, 0.3) is 0 Å². The fraction of sp³-hybridized carbons (Fsp3) is 0.429. The highest BCUT2D eigenvalue weighted by Crippen LogP contribution is 2.26. The second-order valence-electron chi connectivity index (χ2n) is 4.38. The molecule has 2 rings (SSSR count). The van der Waals surface area contributed by atoms with E-state index < -0.39 is 5.97 Å². The van der Waals surface area contributed by atoms with Gasteiger partial charge in [-0.25, -0.2) is 9.78 Å². The highest BCUT2D eigenvalue weighted by atomic mass is 16.5. The normalized spacial score (nSPS) is 13.8. The summed E-state index contributed by atoms with van der Waals surface area (Å²) in [4.78, 5) is 15.6. The van der Waals surface area contributed by atoms with Crippen molar-refractivity contribution in [3.63, 3.8) is 0 Å². The number of hydrogen-bond acceptors (Lipinski definition) is 3. The Labute approximate surface area is 106 Å². The molecule has 1 aliphatic rings. The molecule has 0 saturated carbocycles. The maximum absolute atomic E-state index is 11.2. The number of hydrogen-bond donors (Lipinski definition) is 1. The SMILES string of the molecule is C=CCCOc1nc2c(cc1C(=O)O)CCCC2. The lowest BCUT2D eigenvalue weighted by atomic mass is 9.95. The number of carbonyl (C=O) groups is 1. The number of nitrogens with zero attached hydrogens (tertiary/aromatic N) is 1. The molecule has 4 nitrogen and oxygen atoms in total. The second-order valence-corrected chi connectivity index (χ2v) is 4.38. The highest BCUT2D eigenvalue weighted by Gasteiger charge is 2.19. The van der Waals surface area contributed by atoms with Crippen molar-refractivity contribution in [2.24, 2.45) is 0 Å². The zero-order valence-electron chi connectivity index (χ0n) is 10.3. The minimum absolute atomic E-state index is 0.166. The van der Waals surface area contributed by atoms with Crippen molar-refractivity contribution in [3.05, 3.63) is 35.5 Å². The van der Waals surface area contributed by atoms with E-state index >= 15 is 0 Å². The quantitative estimate of drug-likeness (QED) is 0.642. The van der Waals surface area contributed by atoms with E-state index in [1.54, 1.807) is 12.1 Å². The van der Waals surface area contributed by atoms with Crippen molar-refractivity contribution < 1.29 is 14.6 Å². The summed E-state index contributed by atoms with van der Waals surface area (Å²) in [7, 11) is 0. The van der Waals surface area contributed by atoms with Gasteiger partial charge in [0, 0.05) is 5.69 Å². The van der Waals surface area contributed by atoms with Gasteiger partial charge in [0.15, 0.2) is 0 Å². The van der Waals surface area contributed by atoms with Crippen molar-refractivity contribution in [3.8, 4) is 5.88 Å². The van der Waals surface area contributed by atoms with Crippen molar-refractivity contribution >= 4 is 5.97 Å². The lowest BCUT2D eigenvalue weighted by Crippen LogP contribution is -2.12. The van der Waals surface area contributed by atoms with Crippen LogP contribution in [0, 0.1) is 0 Å². The largest absolute Gasteiger partial charge is 0.477 e. The second kappa shape index (κ2) is 5.67. The summed E-state index contributed by atoms with van der Waals surface area (Å²) in [5.41, 5.74) is 2.20. The molecule has 1 aromatic heterocycles. The molecule has 96 valence electrons. The Balaban J connectivity index is 2.29. The Morgan fingerprint density at radius 3 is 3.00 bits per heavy atom. The van der Waals surface area contributed by atoms with Gasteiger partial charge in [0.1, 0.15) is 5.56 Å². The first-order valence-corrected chi connectivity index (χ1v) is 6.22. The van der Waals surface area contributed by atoms with Gasteiger partial charge in [-0.1, -0.05) is 6.08 Å². The molecule has 0 atom stereocenters. The first-order chi connectivity index (χ1) is 8.72. The lowest BCUT2D eigenvalue weighted by Gasteiger charge is -2.17. The Morgan fingerprint density at radius 2 is 2.28 bits per heavy atom. The summed E-state index contributed by atoms with van der Waals surface area (Å²) in [6.07, 6.45) is 6.45. The number of ether oxygens (including phenoxy) is 1. The molecule has 0 unspecified atom stereocenters. The van der Waals surface area contributed by atoms with E-state index in [1.165, 1.54) is 0 Å². The van der Waals surface area contributed by atoms with E-state index in [4.69, 9.17) is 4.74 Å². The summed E-state index contributed by atoms with van der Waals surface area (Å²) >= 11 is 0. The Hall–Kier alpha value is -1.84. The van der Waals surface area contributed by atoms with E-state index in [0.29, 0.717) is 13.0 Å². The first-order valence-electron chi connectivity index (χ1n) is 6.22. The molecule has 0 spiro atoms. The van der Waals surface area contributed by atoms with Crippen molar-refractivity contribution in [2.75, 3.05) is 6.61 Å². The van der Waals surface area contributed by atoms with Crippen molar-refractivity contribution in [2.45, 2.75) is 32.1 Å². The molecule has 1 heterocycles. The third kappa shape index (κ3) is 2.70. The Morgan fingerprint density at radius 1 is 1.50 bits per heavy atom. The highest BCUT2D eigenvalue weighted by molar-refractivity contribution is 5.90. The van der Waals surface area contributed by atoms with Gasteiger partial charge in [-0.05, 0) is 43.7 Å². The average Bonchev–Trinajstić information content (AvgIpc) is 2.38. The number of aryl methyl sites for hydroxylation is 2. The molecule has 0 radical (unpaired) electrons. The topological polar surface area (TPSA) is 59.4 Å². The number of aromatic nitrogens is 1. The molecule has 0 fully saturated rings. The lowest BCUT2D eigenvalue weighted by molar-refractivity contribution is 0.0691. The van der Waals surface area contributed by atoms with Crippen molar-refractivity contribution in [1.29, 1.82) is 0 Å². The third-order valence-corrected chi connectivity index (χ3v) is 3.06. The Kier molecular flexibility index (Phi) is 3.97. The van der Waals surface area contributed by atoms with Gasteiger partial charge in [-0.3, -0.25) is 0 Å². The number of fused-ring (bicyclic) bond motifs is 1. The molecule has 0 aromatic carbocycles. The molecule has 4 heteroatoms. The molecule has 18 heavy (non-hydrogen) atoms. The number of carboxylic acid groups (broad SMARTS) is 1. The fourth-order valence-corrected chi connectivity index (χ4v) is 2.12. The molecular formula is C14H17NO3. The molecule has 0 amide bonds. The van der Waals surface area contributed by atoms with Gasteiger partial charge < -0.3 is 9.84 Å². The van der Waals surface area contributed by atoms with Crippen LogP contribution in [-0.4, -0.2) is 22.7 Å². The minimum Gasteiger partial charge on any atom is -0.477 e. The Bertz CT molecular complexity index is 468. The first kappa shape index (κ1) is 12.6. The molecule has 1 aromatic rings. The monoisotopic (exact) mass is 247 g/mol. The molecule has 0 aliphatic heterocycles. The van der Waals surface area contributed by atoms with Crippen LogP contribution in [0.25, 0.3) is 0 Å². The maximum atomic E-state index is 11.2. The number of aromatic carboxylic acids is 1. The summed E-state index contributed by atoms with van der Waals surface area (Å²) in [6, 6.07) is 1.72. The van der Waals surface area contributed by atoms with Gasteiger partial charge >= 0.3 is 5.97 Å². The van der Waals surface area contributed by atoms with Crippen LogP contribution in [0.3, 0.4) is 0 Å². The number of rotatable bonds is 5. The number of pyridine rings is 1. The molecule has 0 bridgehead atoms. The standard InChI is InChI=1S/C14H17NO3/c1-2-3-8-18-13-11(14(16)17)9-10-6-4-5-7-12(10)15-13/h2,9H,1,3-8H2,(H,16,17). The molecular weight excluding hydrogens is 230 g/mol. The van der Waals surface area contributed by atoms with Crippen LogP contribution in [-0.2, 0) is 12.8 Å². The zero-order chi connectivity index (χ0) is 13.0. The van der Waals surface area contributed by atoms with Crippen LogP contribution >= 0.6 is 0 Å². The van der Waals surface area contributed by atoms with E-state index in [1.807, 2.05) is 0 Å². The fourth-order valence-electron chi connectivity index (χ4n) is 2.12. The van der Waals surface area contributed by atoms with Crippen LogP contribution in [0.4, 0.5) is 0 Å². The van der Waals surface area contributed by atoms with E-state index in [9.17, 15) is 9.90 Å². The minimum atomic E-state index is -0.982. The summed E-state index contributed by atoms with van der Waals surface area (Å²) in [6.45, 7) is 4.02. The molecule has 1 aliphatic carbocycles. The maximum Gasteiger partial charge on any atom is 0.341 e. The van der Waals surface area contributed by atoms with Gasteiger partial charge in [0.2, 0.25) is 5.88 Å². The van der Waals surface area contributed by atoms with E-state index in [-0.39, 0.29) is 11.4 Å². The zero-order valence-corrected chi connectivity index (χ0v) is 10.3. The van der Waals surface area contributed by atoms with Crippen LogP contribution in [0.2, 0.25) is 0 Å². The van der Waals surface area contributed by atoms with Crippen LogP contribution < -0.4 is 4.74 Å². The van der Waals surface area contributed by atoms with E-state index in [0.717, 1.165) is 36.9 Å². The van der Waals surface area contributed by atoms with Gasteiger partial charge in [-0.15, -0.1) is 6.58 Å². The predicted octanol–water partition coefficient (Wildman–Crippen LogP) is 2.61. The van der Waals surface area contributed by atoms with Crippen LogP contribution in [0.1, 0.15) is 40.9 Å². The van der Waals surface area contributed by atoms with Gasteiger partial charge in [0.05, 0.1) is 6.61 Å².